The van der Waals surface area contributed by atoms with Gasteiger partial charge in [0.15, 0.2) is 0 Å². The van der Waals surface area contributed by atoms with Crippen molar-refractivity contribution in [3.63, 3.8) is 0 Å². The zero-order chi connectivity index (χ0) is 29.8. The lowest BCUT2D eigenvalue weighted by molar-refractivity contribution is -0.134. The molecule has 8 heteroatoms. The second kappa shape index (κ2) is 14.9. The summed E-state index contributed by atoms with van der Waals surface area (Å²) in [5, 5.41) is 10.6. The summed E-state index contributed by atoms with van der Waals surface area (Å²) in [6.07, 6.45) is 4.76. The number of ether oxygens (including phenoxy) is 1. The Bertz CT molecular complexity index is 1540. The molecule has 0 aliphatic carbocycles. The summed E-state index contributed by atoms with van der Waals surface area (Å²) in [7, 11) is 4.79. The van der Waals surface area contributed by atoms with Crippen molar-refractivity contribution in [3.8, 4) is 11.1 Å². The van der Waals surface area contributed by atoms with E-state index in [0.29, 0.717) is 27.9 Å². The molecule has 0 saturated carbocycles. The summed E-state index contributed by atoms with van der Waals surface area (Å²) in [6, 6.07) is 24.0. The third kappa shape index (κ3) is 8.69. The van der Waals surface area contributed by atoms with Crippen LogP contribution in [0.1, 0.15) is 27.0 Å². The topological polar surface area (TPSA) is 82.5 Å². The van der Waals surface area contributed by atoms with Crippen molar-refractivity contribution in [2.45, 2.75) is 6.54 Å². The zero-order valence-electron chi connectivity index (χ0n) is 23.0. The van der Waals surface area contributed by atoms with Crippen LogP contribution >= 0.6 is 0 Å². The number of esters is 1. The maximum atomic E-state index is 14.9. The molecule has 0 aliphatic heterocycles. The van der Waals surface area contributed by atoms with Crippen molar-refractivity contribution in [1.29, 1.82) is 5.41 Å². The van der Waals surface area contributed by atoms with Gasteiger partial charge >= 0.3 is 5.97 Å². The van der Waals surface area contributed by atoms with Gasteiger partial charge in [0.2, 0.25) is 0 Å². The number of anilines is 2. The van der Waals surface area contributed by atoms with Crippen LogP contribution in [0.25, 0.3) is 17.2 Å². The number of halogens is 2. The predicted octanol–water partition coefficient (Wildman–Crippen LogP) is 6.99. The van der Waals surface area contributed by atoms with Gasteiger partial charge in [-0.2, -0.15) is 0 Å². The van der Waals surface area contributed by atoms with E-state index >= 15 is 0 Å². The maximum Gasteiger partial charge on any atom is 0.330 e. The van der Waals surface area contributed by atoms with Crippen molar-refractivity contribution >= 4 is 35.9 Å². The van der Waals surface area contributed by atoms with Crippen LogP contribution in [0.4, 0.5) is 20.2 Å². The van der Waals surface area contributed by atoms with Crippen molar-refractivity contribution in [1.82, 2.24) is 0 Å². The van der Waals surface area contributed by atoms with Crippen molar-refractivity contribution in [2.75, 3.05) is 31.4 Å². The SMILES string of the molecule is CNc1ccc(-c2ccc(CN(C)c3cc(F)cc(/C=C/C(=O)OC)c3)c(F)c2)cc1C=N.O=Cc1ccccc1. The standard InChI is InChI=1S/C26H25F2N3O2.C7H6O/c1-30-25-8-7-18(12-21(25)15-29)19-5-6-20(24(28)13-19)16-31(2)23-11-17(10-22(27)14-23)4-9-26(32)33-3;8-6-7-4-2-1-3-5-7/h4-15,29-30H,16H2,1-3H3;1-6H/b9-4+,29-15?;. The van der Waals surface area contributed by atoms with E-state index in [1.54, 1.807) is 43.3 Å². The van der Waals surface area contributed by atoms with E-state index in [1.807, 2.05) is 42.5 Å². The van der Waals surface area contributed by atoms with Gasteiger partial charge in [0.1, 0.15) is 17.9 Å². The van der Waals surface area contributed by atoms with Crippen molar-refractivity contribution < 1.29 is 23.1 Å². The van der Waals surface area contributed by atoms with E-state index < -0.39 is 11.8 Å². The summed E-state index contributed by atoms with van der Waals surface area (Å²) < 4.78 is 33.6. The first-order valence-corrected chi connectivity index (χ1v) is 12.7. The highest BCUT2D eigenvalue weighted by Crippen LogP contribution is 2.27. The van der Waals surface area contributed by atoms with Gasteiger partial charge in [-0.05, 0) is 59.2 Å². The smallest absolute Gasteiger partial charge is 0.330 e. The molecule has 210 valence electrons. The molecule has 0 radical (unpaired) electrons. The predicted molar refractivity (Wildman–Crippen MR) is 161 cm³/mol. The monoisotopic (exact) mass is 555 g/mol. The number of nitrogens with zero attached hydrogens (tertiary/aromatic N) is 1. The lowest BCUT2D eigenvalue weighted by Crippen LogP contribution is -2.17. The maximum absolute atomic E-state index is 14.9. The van der Waals surface area contributed by atoms with Gasteiger partial charge in [0.25, 0.3) is 0 Å². The Balaban J connectivity index is 0.000000496. The van der Waals surface area contributed by atoms with Gasteiger partial charge in [-0.15, -0.1) is 0 Å². The van der Waals surface area contributed by atoms with Crippen molar-refractivity contribution in [2.24, 2.45) is 0 Å². The third-order valence-corrected chi connectivity index (χ3v) is 6.16. The van der Waals surface area contributed by atoms with E-state index in [0.717, 1.165) is 23.1 Å². The number of rotatable bonds is 9. The number of methoxy groups -OCH3 is 1. The summed E-state index contributed by atoms with van der Waals surface area (Å²) >= 11 is 0. The Morgan fingerprint density at radius 1 is 0.951 bits per heavy atom. The molecule has 0 fully saturated rings. The largest absolute Gasteiger partial charge is 0.466 e. The number of benzene rings is 4. The zero-order valence-corrected chi connectivity index (χ0v) is 23.0. The van der Waals surface area contributed by atoms with E-state index in [1.165, 1.54) is 43.7 Å². The average molecular weight is 556 g/mol. The Morgan fingerprint density at radius 2 is 1.66 bits per heavy atom. The molecule has 0 heterocycles. The molecular weight excluding hydrogens is 524 g/mol. The van der Waals surface area contributed by atoms with E-state index in [-0.39, 0.29) is 12.4 Å². The fraction of sp³-hybridized carbons (Fsp3) is 0.121. The summed E-state index contributed by atoms with van der Waals surface area (Å²) in [5.74, 6) is -1.38. The van der Waals surface area contributed by atoms with Crippen LogP contribution < -0.4 is 10.2 Å². The molecule has 41 heavy (non-hydrogen) atoms. The molecule has 0 amide bonds. The van der Waals surface area contributed by atoms with Gasteiger partial charge in [-0.1, -0.05) is 48.5 Å². The molecule has 0 spiro atoms. The number of hydrogen-bond acceptors (Lipinski definition) is 6. The summed E-state index contributed by atoms with van der Waals surface area (Å²) in [4.78, 5) is 23.0. The molecule has 0 bridgehead atoms. The van der Waals surface area contributed by atoms with Gasteiger partial charge in [-0.25, -0.2) is 13.6 Å². The Morgan fingerprint density at radius 3 is 2.27 bits per heavy atom. The molecule has 0 unspecified atom stereocenters. The average Bonchev–Trinajstić information content (AvgIpc) is 3.00. The highest BCUT2D eigenvalue weighted by atomic mass is 19.1. The number of aldehydes is 1. The Hall–Kier alpha value is -5.11. The lowest BCUT2D eigenvalue weighted by Gasteiger charge is -2.21. The first kappa shape index (κ1) is 30.4. The van der Waals surface area contributed by atoms with E-state index in [9.17, 15) is 18.4 Å². The molecule has 0 aromatic heterocycles. The highest BCUT2D eigenvalue weighted by molar-refractivity contribution is 5.88. The van der Waals surface area contributed by atoms with Crippen LogP contribution in [0.2, 0.25) is 0 Å². The Kier molecular flexibility index (Phi) is 11.0. The quantitative estimate of drug-likeness (QED) is 0.101. The van der Waals surface area contributed by atoms with Crippen LogP contribution in [0.5, 0.6) is 0 Å². The fourth-order valence-electron chi connectivity index (χ4n) is 3.97. The van der Waals surface area contributed by atoms with Crippen LogP contribution in [0.15, 0.2) is 91.0 Å². The molecule has 4 rings (SSSR count). The van der Waals surface area contributed by atoms with Gasteiger partial charge in [0.05, 0.1) is 7.11 Å². The molecule has 0 saturated heterocycles. The number of carbonyl (C=O) groups is 2. The van der Waals surface area contributed by atoms with Gasteiger partial charge < -0.3 is 20.4 Å². The highest BCUT2D eigenvalue weighted by Gasteiger charge is 2.11. The minimum atomic E-state index is -0.537. The fourth-order valence-corrected chi connectivity index (χ4v) is 3.97. The Labute approximate surface area is 238 Å². The molecular formula is C33H31F2N3O3. The van der Waals surface area contributed by atoms with E-state index in [4.69, 9.17) is 5.41 Å². The molecule has 2 N–H and O–H groups in total. The molecule has 0 aliphatic rings. The number of nitrogens with one attached hydrogen (secondary N) is 2. The summed E-state index contributed by atoms with van der Waals surface area (Å²) in [6.45, 7) is 0.222. The minimum Gasteiger partial charge on any atom is -0.466 e. The van der Waals surface area contributed by atoms with Crippen LogP contribution in [0, 0.1) is 17.0 Å². The van der Waals surface area contributed by atoms with Crippen LogP contribution in [0.3, 0.4) is 0 Å². The number of carbonyl (C=O) groups excluding carboxylic acids is 2. The molecule has 4 aromatic carbocycles. The third-order valence-electron chi connectivity index (χ3n) is 6.16. The molecule has 4 aromatic rings. The summed E-state index contributed by atoms with van der Waals surface area (Å²) in [5.41, 5.74) is 5.25. The second-order valence-corrected chi connectivity index (χ2v) is 8.99. The van der Waals surface area contributed by atoms with Gasteiger partial charge in [0, 0.05) is 61.0 Å². The molecule has 6 nitrogen and oxygen atoms in total. The normalized spacial score (nSPS) is 10.4. The van der Waals surface area contributed by atoms with Crippen LogP contribution in [-0.2, 0) is 16.1 Å². The van der Waals surface area contributed by atoms with Crippen LogP contribution in [-0.4, -0.2) is 39.7 Å². The second-order valence-electron chi connectivity index (χ2n) is 8.99. The number of hydrogen-bond donors (Lipinski definition) is 2. The minimum absolute atomic E-state index is 0.222. The molecule has 0 atom stereocenters. The van der Waals surface area contributed by atoms with E-state index in [2.05, 4.69) is 10.1 Å². The van der Waals surface area contributed by atoms with Gasteiger partial charge in [-0.3, -0.25) is 4.79 Å². The van der Waals surface area contributed by atoms with Crippen molar-refractivity contribution in [3.05, 3.63) is 125 Å². The first-order valence-electron chi connectivity index (χ1n) is 12.7. The first-order chi connectivity index (χ1) is 19.8. The lowest BCUT2D eigenvalue weighted by atomic mass is 10.0.